The van der Waals surface area contributed by atoms with E-state index in [0.29, 0.717) is 24.5 Å². The van der Waals surface area contributed by atoms with E-state index < -0.39 is 15.8 Å². The van der Waals surface area contributed by atoms with E-state index in [9.17, 15) is 13.2 Å². The van der Waals surface area contributed by atoms with Crippen LogP contribution >= 0.6 is 0 Å². The molecule has 168 valence electrons. The molecule has 1 saturated heterocycles. The second-order valence-corrected chi connectivity index (χ2v) is 9.73. The standard InChI is InChI=1S/C23H31N3O4S/c1-19(2)30-22-10-8-21(9-11-22)24-31(28,29)18-23(27)26-16-14-25(15-17-26)13-12-20-6-4-3-5-7-20/h3-11,19,24H,12-18H2,1-2H3. The van der Waals surface area contributed by atoms with E-state index in [-0.39, 0.29) is 12.0 Å². The molecular weight excluding hydrogens is 414 g/mol. The normalized spacial score (nSPS) is 15.1. The molecule has 8 heteroatoms. The fourth-order valence-electron chi connectivity index (χ4n) is 3.50. The summed E-state index contributed by atoms with van der Waals surface area (Å²) in [5, 5.41) is 0. The van der Waals surface area contributed by atoms with Gasteiger partial charge in [-0.3, -0.25) is 14.4 Å². The molecular formula is C23H31N3O4S. The highest BCUT2D eigenvalue weighted by Gasteiger charge is 2.25. The molecule has 1 amide bonds. The van der Waals surface area contributed by atoms with Gasteiger partial charge >= 0.3 is 0 Å². The zero-order valence-electron chi connectivity index (χ0n) is 18.2. The maximum atomic E-state index is 12.5. The van der Waals surface area contributed by atoms with Crippen LogP contribution in [0.3, 0.4) is 0 Å². The van der Waals surface area contributed by atoms with E-state index in [4.69, 9.17) is 4.74 Å². The SMILES string of the molecule is CC(C)Oc1ccc(NS(=O)(=O)CC(=O)N2CCN(CCc3ccccc3)CC2)cc1. The Hall–Kier alpha value is -2.58. The number of nitrogens with zero attached hydrogens (tertiary/aromatic N) is 2. The van der Waals surface area contributed by atoms with Gasteiger partial charge in [0.15, 0.2) is 0 Å². The highest BCUT2D eigenvalue weighted by molar-refractivity contribution is 7.93. The molecule has 0 bridgehead atoms. The predicted molar refractivity (Wildman–Crippen MR) is 123 cm³/mol. The third-order valence-corrected chi connectivity index (χ3v) is 6.27. The first-order valence-corrected chi connectivity index (χ1v) is 12.3. The molecule has 0 spiro atoms. The molecule has 3 rings (SSSR count). The van der Waals surface area contributed by atoms with Crippen molar-refractivity contribution in [3.05, 3.63) is 60.2 Å². The monoisotopic (exact) mass is 445 g/mol. The number of benzene rings is 2. The first-order valence-electron chi connectivity index (χ1n) is 10.6. The third kappa shape index (κ3) is 7.56. The van der Waals surface area contributed by atoms with Crippen LogP contribution in [0.4, 0.5) is 5.69 Å². The van der Waals surface area contributed by atoms with Crippen LogP contribution in [0.25, 0.3) is 0 Å². The zero-order valence-corrected chi connectivity index (χ0v) is 19.0. The molecule has 2 aromatic carbocycles. The second-order valence-electron chi connectivity index (χ2n) is 8.01. The van der Waals surface area contributed by atoms with Gasteiger partial charge in [-0.05, 0) is 50.1 Å². The lowest BCUT2D eigenvalue weighted by Crippen LogP contribution is -2.50. The van der Waals surface area contributed by atoms with Crippen LogP contribution in [0.15, 0.2) is 54.6 Å². The van der Waals surface area contributed by atoms with E-state index in [2.05, 4.69) is 21.8 Å². The van der Waals surface area contributed by atoms with Gasteiger partial charge < -0.3 is 9.64 Å². The average Bonchev–Trinajstić information content (AvgIpc) is 2.74. The summed E-state index contributed by atoms with van der Waals surface area (Å²) in [6.45, 7) is 7.38. The van der Waals surface area contributed by atoms with Crippen molar-refractivity contribution < 1.29 is 17.9 Å². The number of carbonyl (C=O) groups is 1. The number of amides is 1. The number of ether oxygens (including phenoxy) is 1. The lowest BCUT2D eigenvalue weighted by molar-refractivity contribution is -0.130. The summed E-state index contributed by atoms with van der Waals surface area (Å²) in [5.41, 5.74) is 1.71. The molecule has 0 aromatic heterocycles. The molecule has 7 nitrogen and oxygen atoms in total. The van der Waals surface area contributed by atoms with Gasteiger partial charge in [0.05, 0.1) is 6.10 Å². The Balaban J connectivity index is 1.44. The van der Waals surface area contributed by atoms with Crippen LogP contribution in [0, 0.1) is 0 Å². The van der Waals surface area contributed by atoms with E-state index in [0.717, 1.165) is 26.1 Å². The number of piperazine rings is 1. The molecule has 0 saturated carbocycles. The highest BCUT2D eigenvalue weighted by Crippen LogP contribution is 2.18. The third-order valence-electron chi connectivity index (χ3n) is 5.10. The molecule has 2 aromatic rings. The van der Waals surface area contributed by atoms with Crippen LogP contribution in [-0.2, 0) is 21.2 Å². The van der Waals surface area contributed by atoms with E-state index >= 15 is 0 Å². The van der Waals surface area contributed by atoms with Gasteiger partial charge in [0, 0.05) is 38.4 Å². The number of sulfonamides is 1. The summed E-state index contributed by atoms with van der Waals surface area (Å²) in [5.74, 6) is -0.254. The van der Waals surface area contributed by atoms with Gasteiger partial charge in [-0.25, -0.2) is 8.42 Å². The highest BCUT2D eigenvalue weighted by atomic mass is 32.2. The van der Waals surface area contributed by atoms with Crippen molar-refractivity contribution in [3.63, 3.8) is 0 Å². The van der Waals surface area contributed by atoms with Gasteiger partial charge in [-0.15, -0.1) is 0 Å². The van der Waals surface area contributed by atoms with E-state index in [1.165, 1.54) is 5.56 Å². The van der Waals surface area contributed by atoms with Crippen LogP contribution in [0.1, 0.15) is 19.4 Å². The maximum Gasteiger partial charge on any atom is 0.241 e. The van der Waals surface area contributed by atoms with E-state index in [1.807, 2.05) is 32.0 Å². The number of hydrogen-bond donors (Lipinski definition) is 1. The summed E-state index contributed by atoms with van der Waals surface area (Å²) in [6, 6.07) is 17.0. The Morgan fingerprint density at radius 1 is 1.00 bits per heavy atom. The van der Waals surface area contributed by atoms with Crippen LogP contribution < -0.4 is 9.46 Å². The predicted octanol–water partition coefficient (Wildman–Crippen LogP) is 2.60. The molecule has 31 heavy (non-hydrogen) atoms. The smallest absolute Gasteiger partial charge is 0.241 e. The Morgan fingerprint density at radius 2 is 1.65 bits per heavy atom. The number of carbonyl (C=O) groups excluding carboxylic acids is 1. The van der Waals surface area contributed by atoms with Crippen molar-refractivity contribution in [2.24, 2.45) is 0 Å². The lowest BCUT2D eigenvalue weighted by atomic mass is 10.1. The number of hydrogen-bond acceptors (Lipinski definition) is 5. The molecule has 1 aliphatic rings. The molecule has 1 heterocycles. The first kappa shape index (κ1) is 23.1. The summed E-state index contributed by atoms with van der Waals surface area (Å²) in [4.78, 5) is 16.5. The quantitative estimate of drug-likeness (QED) is 0.642. The molecule has 0 unspecified atom stereocenters. The Kier molecular flexibility index (Phi) is 7.92. The van der Waals surface area contributed by atoms with Crippen LogP contribution in [0.5, 0.6) is 5.75 Å². The zero-order chi connectivity index (χ0) is 22.3. The van der Waals surface area contributed by atoms with Gasteiger partial charge in [0.25, 0.3) is 0 Å². The number of nitrogens with one attached hydrogen (secondary N) is 1. The number of rotatable bonds is 9. The molecule has 1 N–H and O–H groups in total. The Bertz CT molecular complexity index is 939. The largest absolute Gasteiger partial charge is 0.491 e. The minimum atomic E-state index is -3.77. The van der Waals surface area contributed by atoms with E-state index in [1.54, 1.807) is 29.2 Å². The summed E-state index contributed by atoms with van der Waals surface area (Å²) in [7, 11) is -3.77. The second kappa shape index (κ2) is 10.6. The molecule has 0 radical (unpaired) electrons. The molecule has 0 atom stereocenters. The van der Waals surface area contributed by atoms with Crippen molar-refractivity contribution in [1.82, 2.24) is 9.80 Å². The van der Waals surface area contributed by atoms with Crippen molar-refractivity contribution in [2.45, 2.75) is 26.4 Å². The van der Waals surface area contributed by atoms with Crippen LogP contribution in [0.2, 0.25) is 0 Å². The minimum Gasteiger partial charge on any atom is -0.491 e. The summed E-state index contributed by atoms with van der Waals surface area (Å²) in [6.07, 6.45) is 1.01. The average molecular weight is 446 g/mol. The van der Waals surface area contributed by atoms with Crippen molar-refractivity contribution in [3.8, 4) is 5.75 Å². The maximum absolute atomic E-state index is 12.5. The first-order chi connectivity index (χ1) is 14.8. The van der Waals surface area contributed by atoms with Crippen LogP contribution in [-0.4, -0.2) is 68.7 Å². The fraction of sp³-hybridized carbons (Fsp3) is 0.435. The lowest BCUT2D eigenvalue weighted by Gasteiger charge is -2.34. The number of anilines is 1. The van der Waals surface area contributed by atoms with Crippen molar-refractivity contribution in [1.29, 1.82) is 0 Å². The van der Waals surface area contributed by atoms with Gasteiger partial charge in [0.1, 0.15) is 11.5 Å². The summed E-state index contributed by atoms with van der Waals surface area (Å²) >= 11 is 0. The van der Waals surface area contributed by atoms with Gasteiger partial charge in [0.2, 0.25) is 15.9 Å². The molecule has 1 aliphatic heterocycles. The fourth-order valence-corrected chi connectivity index (χ4v) is 4.57. The minimum absolute atomic E-state index is 0.0407. The van der Waals surface area contributed by atoms with Crippen molar-refractivity contribution in [2.75, 3.05) is 43.2 Å². The summed E-state index contributed by atoms with van der Waals surface area (Å²) < 4.78 is 32.9. The van der Waals surface area contributed by atoms with Gasteiger partial charge in [-0.1, -0.05) is 30.3 Å². The topological polar surface area (TPSA) is 78.9 Å². The molecule has 0 aliphatic carbocycles. The Labute approximate surface area is 185 Å². The Morgan fingerprint density at radius 3 is 2.26 bits per heavy atom. The van der Waals surface area contributed by atoms with Gasteiger partial charge in [-0.2, -0.15) is 0 Å². The van der Waals surface area contributed by atoms with Crippen molar-refractivity contribution >= 4 is 21.6 Å². The molecule has 1 fully saturated rings.